The molecular formula is C22H27FN2O2S. The Kier molecular flexibility index (Phi) is 5.45. The molecule has 1 fully saturated rings. The Labute approximate surface area is 170 Å². The van der Waals surface area contributed by atoms with Crippen molar-refractivity contribution in [2.75, 3.05) is 11.4 Å². The van der Waals surface area contributed by atoms with Crippen molar-refractivity contribution in [2.24, 2.45) is 0 Å². The van der Waals surface area contributed by atoms with Crippen molar-refractivity contribution in [1.82, 2.24) is 4.90 Å². The van der Waals surface area contributed by atoms with Crippen molar-refractivity contribution in [3.8, 4) is 0 Å². The molecule has 2 aliphatic heterocycles. The lowest BCUT2D eigenvalue weighted by molar-refractivity contribution is -0.123. The summed E-state index contributed by atoms with van der Waals surface area (Å²) < 4.78 is 15.0. The summed E-state index contributed by atoms with van der Waals surface area (Å²) in [6.45, 7) is 12.8. The minimum Gasteiger partial charge on any atom is -0.362 e. The second kappa shape index (κ2) is 7.39. The van der Waals surface area contributed by atoms with Crippen LogP contribution < -0.4 is 4.90 Å². The van der Waals surface area contributed by atoms with E-state index in [9.17, 15) is 14.0 Å². The van der Waals surface area contributed by atoms with Gasteiger partial charge in [-0.05, 0) is 76.6 Å². The van der Waals surface area contributed by atoms with Crippen LogP contribution in [0.2, 0.25) is 0 Å². The highest BCUT2D eigenvalue weighted by Gasteiger charge is 2.37. The lowest BCUT2D eigenvalue weighted by Gasteiger charge is -2.43. The zero-order chi connectivity index (χ0) is 20.8. The average molecular weight is 403 g/mol. The first-order valence-electron chi connectivity index (χ1n) is 9.65. The molecule has 4 nitrogen and oxygen atoms in total. The molecular weight excluding hydrogens is 375 g/mol. The number of halogens is 1. The van der Waals surface area contributed by atoms with Crippen LogP contribution in [0.4, 0.5) is 14.9 Å². The van der Waals surface area contributed by atoms with E-state index in [2.05, 4.69) is 31.7 Å². The van der Waals surface area contributed by atoms with E-state index >= 15 is 0 Å². The SMILES string of the molecule is CCCN1c2cc(F)c(/C=C3/SC(=O)N(C(C)C)C3=O)cc2C(C)=CC1(C)C. The third-order valence-electron chi connectivity index (χ3n) is 5.17. The Morgan fingerprint density at radius 2 is 1.93 bits per heavy atom. The number of nitrogens with zero attached hydrogens (tertiary/aromatic N) is 2. The van der Waals surface area contributed by atoms with E-state index in [-0.39, 0.29) is 33.4 Å². The van der Waals surface area contributed by atoms with Crippen molar-refractivity contribution in [3.05, 3.63) is 40.1 Å². The molecule has 6 heteroatoms. The van der Waals surface area contributed by atoms with Gasteiger partial charge >= 0.3 is 0 Å². The number of thioether (sulfide) groups is 1. The molecule has 3 rings (SSSR count). The molecule has 2 aliphatic rings. The van der Waals surface area contributed by atoms with Gasteiger partial charge in [-0.2, -0.15) is 0 Å². The van der Waals surface area contributed by atoms with Gasteiger partial charge in [0.1, 0.15) is 5.82 Å². The fourth-order valence-corrected chi connectivity index (χ4v) is 4.88. The number of hydrogen-bond donors (Lipinski definition) is 0. The molecule has 2 amide bonds. The van der Waals surface area contributed by atoms with Crippen molar-refractivity contribution >= 4 is 40.2 Å². The zero-order valence-corrected chi connectivity index (χ0v) is 18.1. The van der Waals surface area contributed by atoms with Crippen LogP contribution in [0.3, 0.4) is 0 Å². The second-order valence-electron chi connectivity index (χ2n) is 8.17. The number of carbonyl (C=O) groups excluding carboxylic acids is 2. The molecule has 28 heavy (non-hydrogen) atoms. The Hall–Kier alpha value is -2.08. The molecule has 2 heterocycles. The van der Waals surface area contributed by atoms with Gasteiger partial charge < -0.3 is 4.90 Å². The number of hydrogen-bond acceptors (Lipinski definition) is 4. The summed E-state index contributed by atoms with van der Waals surface area (Å²) in [7, 11) is 0. The first kappa shape index (κ1) is 20.6. The van der Waals surface area contributed by atoms with Gasteiger partial charge in [0.05, 0.1) is 10.4 Å². The lowest BCUT2D eigenvalue weighted by atomic mass is 9.87. The maximum Gasteiger partial charge on any atom is 0.293 e. The average Bonchev–Trinajstić information content (AvgIpc) is 2.86. The third-order valence-corrected chi connectivity index (χ3v) is 6.05. The molecule has 0 aromatic heterocycles. The Bertz CT molecular complexity index is 902. The quantitative estimate of drug-likeness (QED) is 0.607. The Morgan fingerprint density at radius 3 is 2.50 bits per heavy atom. The van der Waals surface area contributed by atoms with Gasteiger partial charge in [-0.25, -0.2) is 4.39 Å². The zero-order valence-electron chi connectivity index (χ0n) is 17.3. The monoisotopic (exact) mass is 402 g/mol. The van der Waals surface area contributed by atoms with Crippen LogP contribution in [0.25, 0.3) is 11.6 Å². The van der Waals surface area contributed by atoms with E-state index < -0.39 is 0 Å². The van der Waals surface area contributed by atoms with Gasteiger partial charge in [0.15, 0.2) is 0 Å². The summed E-state index contributed by atoms with van der Waals surface area (Å²) in [6.07, 6.45) is 4.65. The molecule has 1 aromatic carbocycles. The summed E-state index contributed by atoms with van der Waals surface area (Å²) in [5, 5.41) is -0.309. The molecule has 0 unspecified atom stereocenters. The number of benzene rings is 1. The summed E-state index contributed by atoms with van der Waals surface area (Å²) in [5.74, 6) is -0.746. The molecule has 0 radical (unpaired) electrons. The first-order valence-corrected chi connectivity index (χ1v) is 10.5. The van der Waals surface area contributed by atoms with Gasteiger partial charge in [0, 0.05) is 29.4 Å². The maximum absolute atomic E-state index is 15.0. The van der Waals surface area contributed by atoms with Gasteiger partial charge in [-0.1, -0.05) is 13.0 Å². The van der Waals surface area contributed by atoms with Crippen LogP contribution in [0.1, 0.15) is 59.1 Å². The molecule has 0 spiro atoms. The van der Waals surface area contributed by atoms with Gasteiger partial charge in [-0.15, -0.1) is 0 Å². The van der Waals surface area contributed by atoms with E-state index in [0.29, 0.717) is 5.56 Å². The van der Waals surface area contributed by atoms with Crippen LogP contribution in [0.5, 0.6) is 0 Å². The number of imide groups is 1. The molecule has 1 saturated heterocycles. The molecule has 0 N–H and O–H groups in total. The Morgan fingerprint density at radius 1 is 1.25 bits per heavy atom. The summed E-state index contributed by atoms with van der Waals surface area (Å²) in [5.41, 5.74) is 3.05. The molecule has 0 saturated carbocycles. The van der Waals surface area contributed by atoms with Crippen LogP contribution in [-0.2, 0) is 4.79 Å². The predicted molar refractivity (Wildman–Crippen MR) is 115 cm³/mol. The van der Waals surface area contributed by atoms with Crippen LogP contribution in [0.15, 0.2) is 23.1 Å². The number of allylic oxidation sites excluding steroid dienone is 1. The van der Waals surface area contributed by atoms with E-state index in [1.165, 1.54) is 11.0 Å². The summed E-state index contributed by atoms with van der Waals surface area (Å²) in [6, 6.07) is 3.13. The Balaban J connectivity index is 2.06. The molecule has 0 aliphatic carbocycles. The van der Waals surface area contributed by atoms with Crippen molar-refractivity contribution < 1.29 is 14.0 Å². The first-order chi connectivity index (χ1) is 13.1. The normalized spacial score (nSPS) is 20.3. The highest BCUT2D eigenvalue weighted by molar-refractivity contribution is 8.18. The van der Waals surface area contributed by atoms with Crippen molar-refractivity contribution in [1.29, 1.82) is 0 Å². The van der Waals surface area contributed by atoms with E-state index in [1.807, 2.05) is 6.92 Å². The molecule has 150 valence electrons. The third kappa shape index (κ3) is 3.50. The van der Waals surface area contributed by atoms with Gasteiger partial charge in [0.2, 0.25) is 0 Å². The van der Waals surface area contributed by atoms with Crippen LogP contribution in [0, 0.1) is 5.82 Å². The smallest absolute Gasteiger partial charge is 0.293 e. The van der Waals surface area contributed by atoms with E-state index in [0.717, 1.165) is 41.6 Å². The summed E-state index contributed by atoms with van der Waals surface area (Å²) in [4.78, 5) is 28.3. The lowest BCUT2D eigenvalue weighted by Crippen LogP contribution is -2.45. The van der Waals surface area contributed by atoms with Crippen molar-refractivity contribution in [3.63, 3.8) is 0 Å². The number of rotatable bonds is 4. The number of fused-ring (bicyclic) bond motifs is 1. The summed E-state index contributed by atoms with van der Waals surface area (Å²) >= 11 is 0.867. The minimum atomic E-state index is -0.387. The van der Waals surface area contributed by atoms with Gasteiger partial charge in [0.25, 0.3) is 11.1 Å². The molecule has 0 bridgehead atoms. The second-order valence-corrected chi connectivity index (χ2v) is 9.16. The van der Waals surface area contributed by atoms with Crippen LogP contribution >= 0.6 is 11.8 Å². The minimum absolute atomic E-state index is 0.193. The van der Waals surface area contributed by atoms with Crippen molar-refractivity contribution in [2.45, 2.75) is 59.5 Å². The topological polar surface area (TPSA) is 40.6 Å². The largest absolute Gasteiger partial charge is 0.362 e. The number of carbonyl (C=O) groups is 2. The standard InChI is InChI=1S/C22H27FN2O2S/c1-7-8-24-18-11-17(23)15(9-16(18)14(4)12-22(24,5)6)10-19-20(26)25(13(2)3)21(27)28-19/h9-13H,7-8H2,1-6H3/b19-10+. The van der Waals surface area contributed by atoms with Crippen LogP contribution in [-0.4, -0.2) is 34.2 Å². The molecule has 0 atom stereocenters. The predicted octanol–water partition coefficient (Wildman–Crippen LogP) is 5.68. The van der Waals surface area contributed by atoms with E-state index in [4.69, 9.17) is 0 Å². The maximum atomic E-state index is 15.0. The van der Waals surface area contributed by atoms with E-state index in [1.54, 1.807) is 26.0 Å². The number of amides is 2. The molecule has 1 aromatic rings. The fourth-order valence-electron chi connectivity index (χ4n) is 3.92. The van der Waals surface area contributed by atoms with Gasteiger partial charge in [-0.3, -0.25) is 14.5 Å². The number of anilines is 1. The highest BCUT2D eigenvalue weighted by Crippen LogP contribution is 2.41. The fraction of sp³-hybridized carbons (Fsp3) is 0.455. The highest BCUT2D eigenvalue weighted by atomic mass is 32.2.